The molecule has 0 N–H and O–H groups in total. The van der Waals surface area contributed by atoms with Crippen LogP contribution in [0.1, 0.15) is 25.0 Å². The van der Waals surface area contributed by atoms with Gasteiger partial charge in [0.05, 0.1) is 17.4 Å². The van der Waals surface area contributed by atoms with Crippen LogP contribution < -0.4 is 10.5 Å². The molecule has 2 aromatic heterocycles. The highest BCUT2D eigenvalue weighted by molar-refractivity contribution is 5.78. The number of anilines is 1. The third-order valence-electron chi connectivity index (χ3n) is 5.24. The number of nitrogens with zero attached hydrogens (tertiary/aromatic N) is 5. The van der Waals surface area contributed by atoms with Gasteiger partial charge in [-0.3, -0.25) is 9.36 Å². The number of piperidine rings is 1. The van der Waals surface area contributed by atoms with Gasteiger partial charge in [-0.1, -0.05) is 12.1 Å². The molecule has 1 fully saturated rings. The maximum Gasteiger partial charge on any atom is 0.280 e. The topological polar surface area (TPSA) is 56.0 Å². The van der Waals surface area contributed by atoms with E-state index in [0.29, 0.717) is 12.5 Å². The second-order valence-electron chi connectivity index (χ2n) is 7.00. The van der Waals surface area contributed by atoms with Crippen molar-refractivity contribution >= 4 is 17.0 Å². The van der Waals surface area contributed by atoms with Crippen LogP contribution in [0.4, 0.5) is 14.7 Å². The summed E-state index contributed by atoms with van der Waals surface area (Å²) in [7, 11) is 2.02. The Hall–Kier alpha value is -2.77. The molecule has 3 heterocycles. The molecule has 1 aromatic carbocycles. The molecule has 1 aliphatic rings. The van der Waals surface area contributed by atoms with Crippen molar-refractivity contribution in [3.63, 3.8) is 0 Å². The lowest BCUT2D eigenvalue weighted by molar-refractivity contribution is 0.145. The predicted octanol–water partition coefficient (Wildman–Crippen LogP) is 2.98. The molecular formula is C19H21F2N5O. The van der Waals surface area contributed by atoms with E-state index in [9.17, 15) is 13.6 Å². The highest BCUT2D eigenvalue weighted by Gasteiger charge is 2.23. The number of para-hydroxylation sites is 2. The molecule has 1 aliphatic heterocycles. The number of alkyl halides is 2. The Labute approximate surface area is 155 Å². The van der Waals surface area contributed by atoms with Crippen LogP contribution in [0, 0.1) is 5.92 Å². The molecule has 0 spiro atoms. The first-order valence-electron chi connectivity index (χ1n) is 9.04. The zero-order chi connectivity index (χ0) is 19.0. The van der Waals surface area contributed by atoms with E-state index < -0.39 is 17.7 Å². The molecule has 8 heteroatoms. The first-order chi connectivity index (χ1) is 13.0. The molecule has 0 radical (unpaired) electrons. The quantitative estimate of drug-likeness (QED) is 0.706. The largest absolute Gasteiger partial charge is 0.342 e. The summed E-state index contributed by atoms with van der Waals surface area (Å²) < 4.78 is 28.8. The van der Waals surface area contributed by atoms with Gasteiger partial charge in [-0.15, -0.1) is 0 Å². The first kappa shape index (κ1) is 17.6. The fraction of sp³-hybridized carbons (Fsp3) is 0.421. The van der Waals surface area contributed by atoms with Gasteiger partial charge < -0.3 is 9.47 Å². The lowest BCUT2D eigenvalue weighted by Crippen LogP contribution is -2.37. The van der Waals surface area contributed by atoms with Crippen molar-refractivity contribution in [2.45, 2.75) is 25.8 Å². The maximum absolute atomic E-state index is 12.6. The van der Waals surface area contributed by atoms with E-state index in [2.05, 4.69) is 20.5 Å². The van der Waals surface area contributed by atoms with E-state index in [4.69, 9.17) is 4.98 Å². The molecule has 0 atom stereocenters. The summed E-state index contributed by atoms with van der Waals surface area (Å²) in [6, 6.07) is 8.98. The predicted molar refractivity (Wildman–Crippen MR) is 99.1 cm³/mol. The molecule has 27 heavy (non-hydrogen) atoms. The van der Waals surface area contributed by atoms with Crippen LogP contribution in [0.5, 0.6) is 0 Å². The minimum absolute atomic E-state index is 0.313. The molecule has 1 saturated heterocycles. The second kappa shape index (κ2) is 7.09. The molecule has 0 unspecified atom stereocenters. The third-order valence-corrected chi connectivity index (χ3v) is 5.24. The maximum atomic E-state index is 12.6. The fourth-order valence-corrected chi connectivity index (χ4v) is 3.71. The van der Waals surface area contributed by atoms with Gasteiger partial charge in [0.15, 0.2) is 0 Å². The fourth-order valence-electron chi connectivity index (χ4n) is 3.71. The second-order valence-corrected chi connectivity index (χ2v) is 7.00. The first-order valence-corrected chi connectivity index (χ1v) is 9.04. The van der Waals surface area contributed by atoms with E-state index >= 15 is 0 Å². The Kier molecular flexibility index (Phi) is 4.63. The van der Waals surface area contributed by atoms with E-state index in [0.717, 1.165) is 49.0 Å². The summed E-state index contributed by atoms with van der Waals surface area (Å²) in [5.41, 5.74) is 1.20. The smallest absolute Gasteiger partial charge is 0.280 e. The van der Waals surface area contributed by atoms with Crippen LogP contribution in [0.3, 0.4) is 0 Å². The SMILES string of the molecule is Cn1c(N2CCC(Cn3cnc(C(F)F)cc3=O)CC2)nc2ccccc21. The van der Waals surface area contributed by atoms with Crippen molar-refractivity contribution in [2.24, 2.45) is 13.0 Å². The van der Waals surface area contributed by atoms with Gasteiger partial charge in [-0.05, 0) is 30.9 Å². The average Bonchev–Trinajstić information content (AvgIpc) is 3.01. The minimum atomic E-state index is -2.72. The number of hydrogen-bond donors (Lipinski definition) is 0. The molecule has 0 bridgehead atoms. The summed E-state index contributed by atoms with van der Waals surface area (Å²) >= 11 is 0. The number of halogens is 2. The summed E-state index contributed by atoms with van der Waals surface area (Å²) in [5, 5.41) is 0. The normalized spacial score (nSPS) is 15.8. The summed E-state index contributed by atoms with van der Waals surface area (Å²) in [5.74, 6) is 1.27. The summed E-state index contributed by atoms with van der Waals surface area (Å²) in [6.07, 6.45) is 0.337. The van der Waals surface area contributed by atoms with Crippen molar-refractivity contribution in [3.8, 4) is 0 Å². The van der Waals surface area contributed by atoms with Crippen LogP contribution in [0.25, 0.3) is 11.0 Å². The van der Waals surface area contributed by atoms with Gasteiger partial charge in [-0.25, -0.2) is 18.7 Å². The number of fused-ring (bicyclic) bond motifs is 1. The molecule has 0 saturated carbocycles. The number of imidazole rings is 1. The molecule has 6 nitrogen and oxygen atoms in total. The highest BCUT2D eigenvalue weighted by atomic mass is 19.3. The Morgan fingerprint density at radius 3 is 2.63 bits per heavy atom. The van der Waals surface area contributed by atoms with Crippen molar-refractivity contribution in [1.29, 1.82) is 0 Å². The average molecular weight is 373 g/mol. The van der Waals surface area contributed by atoms with Crippen molar-refractivity contribution < 1.29 is 8.78 Å². The van der Waals surface area contributed by atoms with Gasteiger partial charge >= 0.3 is 0 Å². The number of aromatic nitrogens is 4. The highest BCUT2D eigenvalue weighted by Crippen LogP contribution is 2.26. The number of rotatable bonds is 4. The molecule has 4 rings (SSSR count). The van der Waals surface area contributed by atoms with Gasteiger partial charge in [-0.2, -0.15) is 0 Å². The van der Waals surface area contributed by atoms with Crippen LogP contribution in [0.2, 0.25) is 0 Å². The van der Waals surface area contributed by atoms with Crippen LogP contribution >= 0.6 is 0 Å². The van der Waals surface area contributed by atoms with E-state index in [1.54, 1.807) is 0 Å². The van der Waals surface area contributed by atoms with Crippen molar-refractivity contribution in [2.75, 3.05) is 18.0 Å². The zero-order valence-electron chi connectivity index (χ0n) is 15.1. The number of aryl methyl sites for hydroxylation is 1. The van der Waals surface area contributed by atoms with E-state index in [-0.39, 0.29) is 0 Å². The van der Waals surface area contributed by atoms with Crippen LogP contribution in [-0.2, 0) is 13.6 Å². The zero-order valence-corrected chi connectivity index (χ0v) is 15.1. The summed E-state index contributed by atoms with van der Waals surface area (Å²) in [6.45, 7) is 2.20. The third kappa shape index (κ3) is 3.43. The van der Waals surface area contributed by atoms with Crippen molar-refractivity contribution in [3.05, 3.63) is 52.7 Å². The van der Waals surface area contributed by atoms with Crippen LogP contribution in [-0.4, -0.2) is 32.2 Å². The van der Waals surface area contributed by atoms with Crippen LogP contribution in [0.15, 0.2) is 41.5 Å². The molecule has 0 aliphatic carbocycles. The molecule has 142 valence electrons. The minimum Gasteiger partial charge on any atom is -0.342 e. The summed E-state index contributed by atoms with van der Waals surface area (Å²) in [4.78, 5) is 22.7. The van der Waals surface area contributed by atoms with Gasteiger partial charge in [0.25, 0.3) is 12.0 Å². The molecular weight excluding hydrogens is 352 g/mol. The number of benzene rings is 1. The van der Waals surface area contributed by atoms with Crippen molar-refractivity contribution in [1.82, 2.24) is 19.1 Å². The van der Waals surface area contributed by atoms with Gasteiger partial charge in [0.1, 0.15) is 5.69 Å². The lowest BCUT2D eigenvalue weighted by atomic mass is 9.97. The molecule has 3 aromatic rings. The number of hydrogen-bond acceptors (Lipinski definition) is 4. The Morgan fingerprint density at radius 1 is 1.22 bits per heavy atom. The Balaban J connectivity index is 1.43. The Bertz CT molecular complexity index is 1000. The van der Waals surface area contributed by atoms with E-state index in [1.807, 2.05) is 25.2 Å². The van der Waals surface area contributed by atoms with Gasteiger partial charge in [0, 0.05) is 32.7 Å². The monoisotopic (exact) mass is 373 g/mol. The van der Waals surface area contributed by atoms with E-state index in [1.165, 1.54) is 10.9 Å². The van der Waals surface area contributed by atoms with Gasteiger partial charge in [0.2, 0.25) is 5.95 Å². The standard InChI is InChI=1S/C19H21F2N5O/c1-24-16-5-3-2-4-14(16)23-19(24)25-8-6-13(7-9-25)11-26-12-22-15(18(20)21)10-17(26)27/h2-5,10,12-13,18H,6-9,11H2,1H3. The Morgan fingerprint density at radius 2 is 1.96 bits per heavy atom. The lowest BCUT2D eigenvalue weighted by Gasteiger charge is -2.32. The molecule has 0 amide bonds.